The van der Waals surface area contributed by atoms with Crippen LogP contribution in [-0.4, -0.2) is 61.8 Å². The van der Waals surface area contributed by atoms with Crippen molar-refractivity contribution in [1.29, 1.82) is 0 Å². The van der Waals surface area contributed by atoms with Crippen LogP contribution in [0.15, 0.2) is 11.6 Å². The summed E-state index contributed by atoms with van der Waals surface area (Å²) < 4.78 is 23.0. The van der Waals surface area contributed by atoms with Gasteiger partial charge in [-0.3, -0.25) is 19.2 Å². The maximum Gasteiger partial charge on any atom is 0.328 e. The van der Waals surface area contributed by atoms with E-state index in [4.69, 9.17) is 18.9 Å². The number of hydrogen-bond acceptors (Lipinski definition) is 9. The molecule has 0 spiro atoms. The first kappa shape index (κ1) is 41.3. The van der Waals surface area contributed by atoms with Gasteiger partial charge in [0.15, 0.2) is 0 Å². The zero-order valence-electron chi connectivity index (χ0n) is 34.5. The molecule has 0 heterocycles. The van der Waals surface area contributed by atoms with Crippen LogP contribution in [-0.2, 0) is 42.9 Å². The van der Waals surface area contributed by atoms with E-state index in [0.29, 0.717) is 12.3 Å². The topological polar surface area (TPSA) is 134 Å². The monoisotopic (exact) mass is 741 g/mol. The molecule has 5 aliphatic carbocycles. The predicted octanol–water partition coefficient (Wildman–Crippen LogP) is 7.36. The third-order valence-electron chi connectivity index (χ3n) is 16.3. The molecule has 0 unspecified atom stereocenters. The molecule has 4 saturated carbocycles. The predicted molar refractivity (Wildman–Crippen MR) is 200 cm³/mol. The first-order valence-electron chi connectivity index (χ1n) is 20.2. The number of ether oxygens (including phenoxy) is 4. The first-order valence-corrected chi connectivity index (χ1v) is 20.2. The minimum atomic E-state index is -0.796. The highest BCUT2D eigenvalue weighted by atomic mass is 16.6. The Balaban J connectivity index is 1.60. The molecule has 0 aliphatic heterocycles. The second kappa shape index (κ2) is 14.6. The van der Waals surface area contributed by atoms with Crippen molar-refractivity contribution in [2.75, 3.05) is 13.7 Å². The molecule has 0 bridgehead atoms. The van der Waals surface area contributed by atoms with Crippen LogP contribution >= 0.6 is 0 Å². The molecule has 0 aromatic carbocycles. The normalized spacial score (nSPS) is 42.8. The van der Waals surface area contributed by atoms with Gasteiger partial charge in [0.2, 0.25) is 5.91 Å². The molecule has 0 saturated heterocycles. The molecule has 1 N–H and O–H groups in total. The number of carbonyl (C=O) groups excluding carboxylic acids is 5. The Labute approximate surface area is 317 Å². The van der Waals surface area contributed by atoms with Crippen LogP contribution in [0.3, 0.4) is 0 Å². The summed E-state index contributed by atoms with van der Waals surface area (Å²) in [6.45, 7) is 22.1. The van der Waals surface area contributed by atoms with Gasteiger partial charge < -0.3 is 24.3 Å². The molecule has 298 valence electrons. The van der Waals surface area contributed by atoms with Crippen molar-refractivity contribution in [2.45, 2.75) is 152 Å². The lowest BCUT2D eigenvalue weighted by Crippen LogP contribution is -2.69. The minimum absolute atomic E-state index is 0.0139. The number of rotatable bonds is 9. The van der Waals surface area contributed by atoms with E-state index in [1.165, 1.54) is 33.5 Å². The number of methoxy groups -OCH3 is 1. The van der Waals surface area contributed by atoms with Gasteiger partial charge in [0, 0.05) is 26.2 Å². The van der Waals surface area contributed by atoms with E-state index in [0.717, 1.165) is 51.4 Å². The fourth-order valence-corrected chi connectivity index (χ4v) is 13.0. The highest BCUT2D eigenvalue weighted by Gasteiger charge is 2.72. The maximum atomic E-state index is 14.8. The Morgan fingerprint density at radius 1 is 0.887 bits per heavy atom. The first-order chi connectivity index (χ1) is 24.7. The van der Waals surface area contributed by atoms with E-state index in [1.807, 2.05) is 20.8 Å². The summed E-state index contributed by atoms with van der Waals surface area (Å²) in [5, 5.41) is 3.24. The third kappa shape index (κ3) is 6.53. The second-order valence-electron chi connectivity index (χ2n) is 18.8. The maximum absolute atomic E-state index is 14.8. The van der Waals surface area contributed by atoms with Crippen molar-refractivity contribution in [3.8, 4) is 0 Å². The van der Waals surface area contributed by atoms with Crippen molar-refractivity contribution >= 4 is 29.8 Å². The molecule has 10 heteroatoms. The number of allylic oxidation sites excluding steroid dienone is 2. The number of hydrogen-bond donors (Lipinski definition) is 1. The fourth-order valence-electron chi connectivity index (χ4n) is 13.0. The van der Waals surface area contributed by atoms with Crippen LogP contribution in [0.4, 0.5) is 0 Å². The van der Waals surface area contributed by atoms with E-state index in [9.17, 15) is 24.0 Å². The lowest BCUT2D eigenvalue weighted by Gasteiger charge is -2.72. The van der Waals surface area contributed by atoms with Gasteiger partial charge in [0.05, 0.1) is 12.5 Å². The second-order valence-corrected chi connectivity index (χ2v) is 18.8. The van der Waals surface area contributed by atoms with Gasteiger partial charge in [-0.25, -0.2) is 4.79 Å². The molecule has 0 aromatic rings. The van der Waals surface area contributed by atoms with E-state index < -0.39 is 53.0 Å². The number of amides is 1. The Morgan fingerprint density at radius 2 is 1.55 bits per heavy atom. The van der Waals surface area contributed by atoms with Crippen molar-refractivity contribution in [2.24, 2.45) is 62.6 Å². The van der Waals surface area contributed by atoms with Gasteiger partial charge in [-0.15, -0.1) is 0 Å². The Morgan fingerprint density at radius 3 is 2.13 bits per heavy atom. The van der Waals surface area contributed by atoms with E-state index in [2.05, 4.69) is 46.0 Å². The van der Waals surface area contributed by atoms with Crippen LogP contribution in [0.2, 0.25) is 0 Å². The summed E-state index contributed by atoms with van der Waals surface area (Å²) in [6, 6.07) is -0.693. The number of fused-ring (bicyclic) bond motifs is 7. The van der Waals surface area contributed by atoms with Gasteiger partial charge in [-0.2, -0.15) is 0 Å². The molecule has 53 heavy (non-hydrogen) atoms. The molecule has 0 radical (unpaired) electrons. The molecule has 4 fully saturated rings. The summed E-state index contributed by atoms with van der Waals surface area (Å²) >= 11 is 0. The summed E-state index contributed by atoms with van der Waals surface area (Å²) in [5.74, 6) is -0.837. The number of esters is 4. The molecular formula is C43H67NO9. The SMILES string of the molecule is CC[C@H](C)[C@H](NC(=O)[C@]12CC[C@@H](C)[C@H](C)[C@H]1C1=CC[C@@H]3[C@@]4(C)C[C@@H](OC(C)=O)[C@H](OC(C)=O)[C@@](C)(COC(C)=O)[C@@H]4CC[C@@]3(C)[C@]1(C)CC2)C(=O)OC. The molecular weight excluding hydrogens is 674 g/mol. The summed E-state index contributed by atoms with van der Waals surface area (Å²) in [4.78, 5) is 65.2. The van der Waals surface area contributed by atoms with Gasteiger partial charge >= 0.3 is 23.9 Å². The van der Waals surface area contributed by atoms with Crippen molar-refractivity contribution in [3.63, 3.8) is 0 Å². The molecule has 1 amide bonds. The summed E-state index contributed by atoms with van der Waals surface area (Å²) in [5.41, 5.74) is -0.746. The van der Waals surface area contributed by atoms with Crippen molar-refractivity contribution < 1.29 is 42.9 Å². The molecule has 5 rings (SSSR count). The Kier molecular flexibility index (Phi) is 11.4. The summed E-state index contributed by atoms with van der Waals surface area (Å²) in [7, 11) is 1.39. The Bertz CT molecular complexity index is 1510. The standard InChI is InChI=1S/C43H67NO9/c1-13-24(2)35(37(48)50-12)44-38(49)43-19-16-25(3)26(4)34(43)30-14-15-33-39(8)22-31(52-28(6)46)36(53-29(7)47)40(9,23-51-27(5)45)32(39)17-18-42(33,11)41(30,10)20-21-43/h14,24-26,31-36H,13,15-23H2,1-12H3,(H,44,49)/t24-,25+,26-,31+,32+,33+,34-,35-,36-,39-,40-,41+,42+,43-/m0/s1. The van der Waals surface area contributed by atoms with E-state index >= 15 is 0 Å². The van der Waals surface area contributed by atoms with Crippen LogP contribution in [0.1, 0.15) is 134 Å². The van der Waals surface area contributed by atoms with E-state index in [-0.39, 0.29) is 58.3 Å². The lowest BCUT2D eigenvalue weighted by atomic mass is 9.33. The van der Waals surface area contributed by atoms with E-state index in [1.54, 1.807) is 0 Å². The molecule has 5 aliphatic rings. The zero-order valence-corrected chi connectivity index (χ0v) is 34.5. The lowest BCUT2D eigenvalue weighted by molar-refractivity contribution is -0.255. The quantitative estimate of drug-likeness (QED) is 0.146. The molecule has 10 nitrogen and oxygen atoms in total. The minimum Gasteiger partial charge on any atom is -0.467 e. The molecule has 0 aromatic heterocycles. The van der Waals surface area contributed by atoms with Crippen LogP contribution < -0.4 is 5.32 Å². The number of nitrogens with one attached hydrogen (secondary N) is 1. The highest BCUT2D eigenvalue weighted by Crippen LogP contribution is 2.76. The smallest absolute Gasteiger partial charge is 0.328 e. The van der Waals surface area contributed by atoms with Crippen LogP contribution in [0, 0.1) is 62.6 Å². The van der Waals surface area contributed by atoms with Crippen molar-refractivity contribution in [3.05, 3.63) is 11.6 Å². The van der Waals surface area contributed by atoms with Gasteiger partial charge in [-0.1, -0.05) is 73.5 Å². The fraction of sp³-hybridized carbons (Fsp3) is 0.837. The van der Waals surface area contributed by atoms with Crippen LogP contribution in [0.25, 0.3) is 0 Å². The number of carbonyl (C=O) groups is 5. The third-order valence-corrected chi connectivity index (χ3v) is 16.3. The summed E-state index contributed by atoms with van der Waals surface area (Å²) in [6.07, 6.45) is 8.14. The zero-order chi connectivity index (χ0) is 39.5. The average Bonchev–Trinajstić information content (AvgIpc) is 3.08. The Hall–Kier alpha value is -2.91. The van der Waals surface area contributed by atoms with Gasteiger partial charge in [-0.05, 0) is 103 Å². The van der Waals surface area contributed by atoms with Crippen LogP contribution in [0.5, 0.6) is 0 Å². The van der Waals surface area contributed by atoms with Gasteiger partial charge in [0.25, 0.3) is 0 Å². The molecule has 14 atom stereocenters. The van der Waals surface area contributed by atoms with Crippen molar-refractivity contribution in [1.82, 2.24) is 5.32 Å². The van der Waals surface area contributed by atoms with Gasteiger partial charge in [0.1, 0.15) is 24.9 Å². The average molecular weight is 742 g/mol. The highest BCUT2D eigenvalue weighted by molar-refractivity contribution is 5.89. The largest absolute Gasteiger partial charge is 0.467 e.